The maximum atomic E-state index is 12.4. The number of benzene rings is 2. The normalized spacial score (nSPS) is 16.5. The van der Waals surface area contributed by atoms with Gasteiger partial charge in [0.25, 0.3) is 5.91 Å². The summed E-state index contributed by atoms with van der Waals surface area (Å²) in [7, 11) is 0. The zero-order valence-electron chi connectivity index (χ0n) is 13.8. The minimum Gasteiger partial charge on any atom is -0.343 e. The van der Waals surface area contributed by atoms with Crippen molar-refractivity contribution in [3.8, 4) is 6.07 Å². The number of nitrogens with one attached hydrogen (secondary N) is 1. The molecule has 0 saturated heterocycles. The lowest BCUT2D eigenvalue weighted by atomic mass is 10.1. The van der Waals surface area contributed by atoms with Crippen LogP contribution in [0.4, 0.5) is 11.4 Å². The van der Waals surface area contributed by atoms with E-state index < -0.39 is 5.91 Å². The third kappa shape index (κ3) is 3.16. The Kier molecular flexibility index (Phi) is 4.35. The van der Waals surface area contributed by atoms with Crippen LogP contribution >= 0.6 is 0 Å². The minimum absolute atomic E-state index is 0.0964. The Hall–Kier alpha value is -3.06. The van der Waals surface area contributed by atoms with Gasteiger partial charge in [-0.15, -0.1) is 0 Å². The Morgan fingerprint density at radius 3 is 2.67 bits per heavy atom. The molecule has 4 nitrogen and oxygen atoms in total. The van der Waals surface area contributed by atoms with Crippen molar-refractivity contribution in [1.82, 2.24) is 0 Å². The van der Waals surface area contributed by atoms with Crippen LogP contribution in [0.5, 0.6) is 0 Å². The van der Waals surface area contributed by atoms with Crippen LogP contribution in [0.3, 0.4) is 0 Å². The molecule has 1 aliphatic heterocycles. The van der Waals surface area contributed by atoms with Crippen molar-refractivity contribution >= 4 is 17.3 Å². The number of para-hydroxylation sites is 1. The summed E-state index contributed by atoms with van der Waals surface area (Å²) in [5.74, 6) is -0.391. The fraction of sp³-hybridized carbons (Fsp3) is 0.200. The summed E-state index contributed by atoms with van der Waals surface area (Å²) in [4.78, 5) is 14.4. The second-order valence-electron chi connectivity index (χ2n) is 6.06. The number of nitriles is 1. The molecular formula is C20H19N3O. The zero-order chi connectivity index (χ0) is 17.1. The van der Waals surface area contributed by atoms with Gasteiger partial charge in [0.15, 0.2) is 0 Å². The quantitative estimate of drug-likeness (QED) is 0.692. The topological polar surface area (TPSA) is 56.1 Å². The number of carbonyl (C=O) groups excluding carboxylic acids is 1. The molecule has 0 aromatic heterocycles. The Balaban J connectivity index is 1.83. The first-order chi connectivity index (χ1) is 11.6. The SMILES string of the molecule is Cc1ccc(NC(=O)/C(C#N)=C\N2c3ccccc3CC2C)cc1. The van der Waals surface area contributed by atoms with Gasteiger partial charge in [-0.25, -0.2) is 0 Å². The van der Waals surface area contributed by atoms with E-state index in [1.807, 2.05) is 60.4 Å². The molecule has 24 heavy (non-hydrogen) atoms. The lowest BCUT2D eigenvalue weighted by molar-refractivity contribution is -0.112. The van der Waals surface area contributed by atoms with E-state index in [1.54, 1.807) is 6.20 Å². The number of hydrogen-bond acceptors (Lipinski definition) is 3. The Labute approximate surface area is 142 Å². The Morgan fingerprint density at radius 1 is 1.25 bits per heavy atom. The molecule has 4 heteroatoms. The van der Waals surface area contributed by atoms with Crippen LogP contribution in [-0.4, -0.2) is 11.9 Å². The van der Waals surface area contributed by atoms with Crippen LogP contribution in [0.1, 0.15) is 18.1 Å². The minimum atomic E-state index is -0.391. The summed E-state index contributed by atoms with van der Waals surface area (Å²) in [6, 6.07) is 17.8. The molecule has 3 rings (SSSR count). The van der Waals surface area contributed by atoms with Gasteiger partial charge in [0.1, 0.15) is 11.6 Å². The standard InChI is InChI=1S/C20H19N3O/c1-14-7-9-18(10-8-14)22-20(24)17(12-21)13-23-15(2)11-16-5-3-4-6-19(16)23/h3-10,13,15H,11H2,1-2H3,(H,22,24)/b17-13-. The molecule has 1 aliphatic rings. The molecule has 1 amide bonds. The van der Waals surface area contributed by atoms with Crippen molar-refractivity contribution in [2.24, 2.45) is 0 Å². The average Bonchev–Trinajstić information content (AvgIpc) is 2.90. The van der Waals surface area contributed by atoms with Crippen molar-refractivity contribution < 1.29 is 4.79 Å². The molecule has 0 spiro atoms. The maximum Gasteiger partial charge on any atom is 0.267 e. The second-order valence-corrected chi connectivity index (χ2v) is 6.06. The largest absolute Gasteiger partial charge is 0.343 e. The van der Waals surface area contributed by atoms with Crippen LogP contribution in [0.15, 0.2) is 60.3 Å². The fourth-order valence-corrected chi connectivity index (χ4v) is 2.90. The molecule has 0 fully saturated rings. The highest BCUT2D eigenvalue weighted by Crippen LogP contribution is 2.32. The van der Waals surface area contributed by atoms with Crippen LogP contribution in [-0.2, 0) is 11.2 Å². The molecule has 0 aliphatic carbocycles. The van der Waals surface area contributed by atoms with Crippen molar-refractivity contribution in [2.45, 2.75) is 26.3 Å². The molecule has 1 heterocycles. The van der Waals surface area contributed by atoms with E-state index in [0.29, 0.717) is 5.69 Å². The molecule has 120 valence electrons. The monoisotopic (exact) mass is 317 g/mol. The first-order valence-corrected chi connectivity index (χ1v) is 7.94. The summed E-state index contributed by atoms with van der Waals surface area (Å²) < 4.78 is 0. The molecule has 0 radical (unpaired) electrons. The van der Waals surface area contributed by atoms with Crippen molar-refractivity contribution in [1.29, 1.82) is 5.26 Å². The van der Waals surface area contributed by atoms with Crippen molar-refractivity contribution in [3.05, 3.63) is 71.4 Å². The van der Waals surface area contributed by atoms with E-state index in [-0.39, 0.29) is 11.6 Å². The van der Waals surface area contributed by atoms with Crippen LogP contribution < -0.4 is 10.2 Å². The van der Waals surface area contributed by atoms with E-state index in [0.717, 1.165) is 17.7 Å². The molecule has 1 unspecified atom stereocenters. The van der Waals surface area contributed by atoms with Crippen LogP contribution in [0.2, 0.25) is 0 Å². The summed E-state index contributed by atoms with van der Waals surface area (Å²) in [5.41, 5.74) is 4.19. The van der Waals surface area contributed by atoms with E-state index in [9.17, 15) is 10.1 Å². The van der Waals surface area contributed by atoms with Crippen molar-refractivity contribution in [2.75, 3.05) is 10.2 Å². The smallest absolute Gasteiger partial charge is 0.267 e. The molecule has 2 aromatic rings. The number of carbonyl (C=O) groups is 1. The number of anilines is 2. The van der Waals surface area contributed by atoms with E-state index in [4.69, 9.17) is 0 Å². The maximum absolute atomic E-state index is 12.4. The lowest BCUT2D eigenvalue weighted by Gasteiger charge is -2.20. The average molecular weight is 317 g/mol. The molecule has 0 bridgehead atoms. The molecule has 2 aromatic carbocycles. The molecule has 1 atom stereocenters. The predicted octanol–water partition coefficient (Wildman–Crippen LogP) is 3.79. The third-order valence-electron chi connectivity index (χ3n) is 4.20. The Morgan fingerprint density at radius 2 is 1.96 bits per heavy atom. The number of nitrogens with zero attached hydrogens (tertiary/aromatic N) is 2. The zero-order valence-corrected chi connectivity index (χ0v) is 13.8. The number of rotatable bonds is 3. The summed E-state index contributed by atoms with van der Waals surface area (Å²) in [6.07, 6.45) is 2.56. The first kappa shape index (κ1) is 15.8. The van der Waals surface area contributed by atoms with Gasteiger partial charge in [0.2, 0.25) is 0 Å². The number of aryl methyl sites for hydroxylation is 1. The second kappa shape index (κ2) is 6.59. The summed E-state index contributed by atoms with van der Waals surface area (Å²) in [5, 5.41) is 12.2. The highest BCUT2D eigenvalue weighted by atomic mass is 16.1. The third-order valence-corrected chi connectivity index (χ3v) is 4.20. The lowest BCUT2D eigenvalue weighted by Crippen LogP contribution is -2.25. The van der Waals surface area contributed by atoms with E-state index in [1.165, 1.54) is 5.56 Å². The highest BCUT2D eigenvalue weighted by molar-refractivity contribution is 6.06. The fourth-order valence-electron chi connectivity index (χ4n) is 2.90. The number of amides is 1. The summed E-state index contributed by atoms with van der Waals surface area (Å²) in [6.45, 7) is 4.07. The van der Waals surface area contributed by atoms with E-state index >= 15 is 0 Å². The van der Waals surface area contributed by atoms with Gasteiger partial charge < -0.3 is 10.2 Å². The highest BCUT2D eigenvalue weighted by Gasteiger charge is 2.25. The van der Waals surface area contributed by atoms with E-state index in [2.05, 4.69) is 18.3 Å². The van der Waals surface area contributed by atoms with Gasteiger partial charge in [0, 0.05) is 23.6 Å². The van der Waals surface area contributed by atoms with Gasteiger partial charge in [0.05, 0.1) is 0 Å². The molecule has 1 N–H and O–H groups in total. The van der Waals surface area contributed by atoms with Crippen LogP contribution in [0.25, 0.3) is 0 Å². The molecule has 0 saturated carbocycles. The van der Waals surface area contributed by atoms with Gasteiger partial charge in [-0.1, -0.05) is 35.9 Å². The van der Waals surface area contributed by atoms with Gasteiger partial charge >= 0.3 is 0 Å². The molecular weight excluding hydrogens is 298 g/mol. The van der Waals surface area contributed by atoms with Crippen LogP contribution in [0, 0.1) is 18.3 Å². The summed E-state index contributed by atoms with van der Waals surface area (Å²) >= 11 is 0. The number of fused-ring (bicyclic) bond motifs is 1. The Bertz CT molecular complexity index is 831. The van der Waals surface area contributed by atoms with Gasteiger partial charge in [-0.3, -0.25) is 4.79 Å². The van der Waals surface area contributed by atoms with Gasteiger partial charge in [-0.05, 0) is 44.0 Å². The first-order valence-electron chi connectivity index (χ1n) is 7.94. The number of hydrogen-bond donors (Lipinski definition) is 1. The predicted molar refractivity (Wildman–Crippen MR) is 95.6 cm³/mol. The van der Waals surface area contributed by atoms with Gasteiger partial charge in [-0.2, -0.15) is 5.26 Å². The van der Waals surface area contributed by atoms with Crippen molar-refractivity contribution in [3.63, 3.8) is 0 Å².